The van der Waals surface area contributed by atoms with Gasteiger partial charge in [-0.1, -0.05) is 24.3 Å². The van der Waals surface area contributed by atoms with Crippen molar-refractivity contribution in [2.24, 2.45) is 5.92 Å². The van der Waals surface area contributed by atoms with Crippen LogP contribution < -0.4 is 9.47 Å². The first-order valence-corrected chi connectivity index (χ1v) is 14.2. The number of hydrogen-bond donors (Lipinski definition) is 2. The lowest BCUT2D eigenvalue weighted by Gasteiger charge is -2.27. The van der Waals surface area contributed by atoms with E-state index in [1.165, 1.54) is 38.1 Å². The van der Waals surface area contributed by atoms with Crippen LogP contribution >= 0.6 is 11.8 Å². The third-order valence-corrected chi connectivity index (χ3v) is 8.03. The number of halogens is 1. The summed E-state index contributed by atoms with van der Waals surface area (Å²) in [4.78, 5) is 27.4. The first-order valence-electron chi connectivity index (χ1n) is 13.0. The van der Waals surface area contributed by atoms with Crippen molar-refractivity contribution in [3.8, 4) is 11.5 Å². The monoisotopic (exact) mass is 567 g/mol. The second kappa shape index (κ2) is 11.9. The van der Waals surface area contributed by atoms with E-state index in [4.69, 9.17) is 9.47 Å². The summed E-state index contributed by atoms with van der Waals surface area (Å²) in [6.07, 6.45) is 0.547. The Balaban J connectivity index is 1.65. The predicted molar refractivity (Wildman–Crippen MR) is 152 cm³/mol. The number of likely N-dealkylation sites (tertiary alicyclic amines) is 1. The number of aliphatic hydroxyl groups excluding tert-OH is 1. The molecule has 1 aliphatic rings. The van der Waals surface area contributed by atoms with E-state index in [0.29, 0.717) is 12.3 Å². The third-order valence-electron chi connectivity index (χ3n) is 7.29. The van der Waals surface area contributed by atoms with Gasteiger partial charge in [0.2, 0.25) is 0 Å². The summed E-state index contributed by atoms with van der Waals surface area (Å²) in [5, 5.41) is 21.1. The number of amides is 1. The van der Waals surface area contributed by atoms with Gasteiger partial charge in [0.15, 0.2) is 5.60 Å². The van der Waals surface area contributed by atoms with Gasteiger partial charge in [-0.25, -0.2) is 14.0 Å². The van der Waals surface area contributed by atoms with Crippen molar-refractivity contribution in [3.63, 3.8) is 0 Å². The number of aliphatic hydroxyl groups is 1. The first kappa shape index (κ1) is 29.4. The van der Waals surface area contributed by atoms with Crippen molar-refractivity contribution < 1.29 is 33.7 Å². The number of carboxylic acid groups (broad SMARTS) is 1. The number of rotatable bonds is 8. The van der Waals surface area contributed by atoms with Crippen LogP contribution in [-0.4, -0.2) is 52.1 Å². The van der Waals surface area contributed by atoms with Crippen molar-refractivity contribution in [1.82, 2.24) is 4.90 Å². The Morgan fingerprint density at radius 2 is 1.62 bits per heavy atom. The number of ether oxygens (including phenoxy) is 2. The summed E-state index contributed by atoms with van der Waals surface area (Å²) in [5.41, 5.74) is 1.76. The largest absolute Gasteiger partial charge is 0.478 e. The minimum Gasteiger partial charge on any atom is -0.478 e. The van der Waals surface area contributed by atoms with Gasteiger partial charge in [0, 0.05) is 29.8 Å². The van der Waals surface area contributed by atoms with Crippen LogP contribution in [0, 0.1) is 25.6 Å². The molecule has 1 amide bonds. The van der Waals surface area contributed by atoms with E-state index < -0.39 is 29.6 Å². The van der Waals surface area contributed by atoms with Crippen molar-refractivity contribution in [2.75, 3.05) is 19.3 Å². The summed E-state index contributed by atoms with van der Waals surface area (Å²) in [7, 11) is 0. The maximum Gasteiger partial charge on any atom is 0.415 e. The third kappa shape index (κ3) is 6.42. The van der Waals surface area contributed by atoms with Crippen molar-refractivity contribution >= 4 is 23.8 Å². The van der Waals surface area contributed by atoms with E-state index >= 15 is 0 Å². The molecule has 7 nitrogen and oxygen atoms in total. The van der Waals surface area contributed by atoms with Crippen molar-refractivity contribution in [3.05, 3.63) is 88.7 Å². The van der Waals surface area contributed by atoms with Gasteiger partial charge in [0.1, 0.15) is 17.3 Å². The Kier molecular flexibility index (Phi) is 8.75. The molecule has 3 aromatic rings. The van der Waals surface area contributed by atoms with E-state index in [9.17, 15) is 24.2 Å². The molecular formula is C31H34FNO6S. The van der Waals surface area contributed by atoms with Gasteiger partial charge in [-0.15, -0.1) is 11.8 Å². The first-order chi connectivity index (χ1) is 18.9. The molecule has 0 aliphatic carbocycles. The van der Waals surface area contributed by atoms with Gasteiger partial charge >= 0.3 is 12.1 Å². The molecule has 0 spiro atoms. The smallest absolute Gasteiger partial charge is 0.415 e. The lowest BCUT2D eigenvalue weighted by molar-refractivity contribution is -0.152. The highest BCUT2D eigenvalue weighted by molar-refractivity contribution is 7.98. The van der Waals surface area contributed by atoms with Crippen LogP contribution in [-0.2, 0) is 4.79 Å². The molecule has 0 saturated carbocycles. The van der Waals surface area contributed by atoms with Crippen LogP contribution in [0.4, 0.5) is 9.18 Å². The molecule has 0 aromatic heterocycles. The van der Waals surface area contributed by atoms with E-state index in [2.05, 4.69) is 0 Å². The predicted octanol–water partition coefficient (Wildman–Crippen LogP) is 6.35. The molecule has 0 bridgehead atoms. The normalized spacial score (nSPS) is 17.9. The number of aliphatic carboxylic acids is 1. The minimum absolute atomic E-state index is 0.230. The molecule has 1 aliphatic heterocycles. The second-order valence-electron chi connectivity index (χ2n) is 10.6. The van der Waals surface area contributed by atoms with Crippen molar-refractivity contribution in [1.29, 1.82) is 0 Å². The van der Waals surface area contributed by atoms with Gasteiger partial charge in [-0.2, -0.15) is 0 Å². The van der Waals surface area contributed by atoms with Gasteiger partial charge in [0.05, 0.1) is 6.10 Å². The highest BCUT2D eigenvalue weighted by atomic mass is 32.2. The topological polar surface area (TPSA) is 96.3 Å². The molecule has 4 rings (SSSR count). The van der Waals surface area contributed by atoms with E-state index in [-0.39, 0.29) is 24.1 Å². The van der Waals surface area contributed by atoms with E-state index in [0.717, 1.165) is 27.1 Å². The molecule has 40 heavy (non-hydrogen) atoms. The lowest BCUT2D eigenvalue weighted by atomic mass is 9.82. The summed E-state index contributed by atoms with van der Waals surface area (Å²) in [6.45, 7) is 7.25. The number of benzene rings is 3. The molecule has 1 saturated heterocycles. The average molecular weight is 568 g/mol. The van der Waals surface area contributed by atoms with Gasteiger partial charge in [-0.3, -0.25) is 0 Å². The highest BCUT2D eigenvalue weighted by Crippen LogP contribution is 2.43. The molecule has 9 heteroatoms. The summed E-state index contributed by atoms with van der Waals surface area (Å²) < 4.78 is 24.7. The molecule has 3 atom stereocenters. The Bertz CT molecular complexity index is 1350. The summed E-state index contributed by atoms with van der Waals surface area (Å²) >= 11 is 1.61. The Morgan fingerprint density at radius 3 is 2.17 bits per heavy atom. The fourth-order valence-corrected chi connectivity index (χ4v) is 5.43. The van der Waals surface area contributed by atoms with Gasteiger partial charge < -0.3 is 24.6 Å². The maximum atomic E-state index is 13.3. The standard InChI is InChI=1S/C31H34FNO6S/c1-18-14-21(15-19(2)28(18)39-31(3,4)29(35)36)25-16-33(30(37)38-23-10-8-22(32)9-11-23)17-26(25)27(34)20-6-12-24(40-5)13-7-20/h6-15,25-27,34H,16-17H2,1-5H3,(H,35,36). The second-order valence-corrected chi connectivity index (χ2v) is 11.5. The number of thioether (sulfide) groups is 1. The Labute approximate surface area is 237 Å². The summed E-state index contributed by atoms with van der Waals surface area (Å²) in [6, 6.07) is 16.8. The van der Waals surface area contributed by atoms with E-state index in [1.54, 1.807) is 16.7 Å². The minimum atomic E-state index is -1.41. The van der Waals surface area contributed by atoms with Gasteiger partial charge in [0.25, 0.3) is 0 Å². The molecule has 0 radical (unpaired) electrons. The molecule has 1 fully saturated rings. The highest BCUT2D eigenvalue weighted by Gasteiger charge is 2.42. The number of hydrogen-bond acceptors (Lipinski definition) is 6. The zero-order valence-electron chi connectivity index (χ0n) is 23.2. The zero-order valence-corrected chi connectivity index (χ0v) is 24.0. The van der Waals surface area contributed by atoms with Crippen LogP contribution in [0.15, 0.2) is 65.6 Å². The molecule has 212 valence electrons. The SMILES string of the molecule is CSc1ccc(C(O)C2CN(C(=O)Oc3ccc(F)cc3)CC2c2cc(C)c(OC(C)(C)C(=O)O)c(C)c2)cc1. The fourth-order valence-electron chi connectivity index (χ4n) is 5.02. The summed E-state index contributed by atoms with van der Waals surface area (Å²) in [5.74, 6) is -1.36. The lowest BCUT2D eigenvalue weighted by Crippen LogP contribution is -2.38. The number of carbonyl (C=O) groups excluding carboxylic acids is 1. The van der Waals surface area contributed by atoms with Crippen molar-refractivity contribution in [2.45, 2.75) is 50.2 Å². The Hall–Kier alpha value is -3.56. The number of carboxylic acids is 1. The molecule has 1 heterocycles. The molecule has 2 N–H and O–H groups in total. The molecular weight excluding hydrogens is 533 g/mol. The number of aryl methyl sites for hydroxylation is 2. The van der Waals surface area contributed by atoms with Crippen LogP contribution in [0.5, 0.6) is 11.5 Å². The van der Waals surface area contributed by atoms with Crippen LogP contribution in [0.2, 0.25) is 0 Å². The fraction of sp³-hybridized carbons (Fsp3) is 0.355. The zero-order chi connectivity index (χ0) is 29.2. The maximum absolute atomic E-state index is 13.3. The number of nitrogens with zero attached hydrogens (tertiary/aromatic N) is 1. The van der Waals surface area contributed by atoms with E-state index in [1.807, 2.05) is 56.5 Å². The van der Waals surface area contributed by atoms with Crippen LogP contribution in [0.1, 0.15) is 48.1 Å². The number of carbonyl (C=O) groups is 2. The molecule has 3 unspecified atom stereocenters. The van der Waals surface area contributed by atoms with Crippen LogP contribution in [0.25, 0.3) is 0 Å². The molecule has 3 aromatic carbocycles. The average Bonchev–Trinajstić information content (AvgIpc) is 3.37. The Morgan fingerprint density at radius 1 is 1.02 bits per heavy atom. The quantitative estimate of drug-likeness (QED) is 0.306. The van der Waals surface area contributed by atoms with Gasteiger partial charge in [-0.05, 0) is 92.6 Å². The van der Waals surface area contributed by atoms with Crippen LogP contribution in [0.3, 0.4) is 0 Å².